The Balaban J connectivity index is 2.17. The van der Waals surface area contributed by atoms with E-state index in [0.717, 1.165) is 34.2 Å². The van der Waals surface area contributed by atoms with Crippen molar-refractivity contribution in [2.24, 2.45) is 5.41 Å². The largest absolute Gasteiger partial charge is 0.384 e. The normalized spacial score (nSPS) is 12.0. The van der Waals surface area contributed by atoms with Gasteiger partial charge in [0.2, 0.25) is 0 Å². The smallest absolute Gasteiger partial charge is 0.323 e. The Hall–Kier alpha value is -1.23. The number of hydrogen-bond donors (Lipinski definition) is 3. The third kappa shape index (κ3) is 3.16. The van der Waals surface area contributed by atoms with Crippen LogP contribution in [0.3, 0.4) is 0 Å². The second-order valence-electron chi connectivity index (χ2n) is 5.69. The molecule has 0 fully saturated rings. The Morgan fingerprint density at radius 3 is 2.44 bits per heavy atom. The quantitative estimate of drug-likeness (QED) is 0.813. The van der Waals surface area contributed by atoms with Gasteiger partial charge in [0.1, 0.15) is 0 Å². The number of halogens is 1. The number of fused-ring (bicyclic) bond motifs is 1. The lowest BCUT2D eigenvalue weighted by atomic mass is 9.92. The first-order valence-corrected chi connectivity index (χ1v) is 6.80. The fourth-order valence-corrected chi connectivity index (χ4v) is 2.25. The van der Waals surface area contributed by atoms with Crippen LogP contribution in [-0.4, -0.2) is 16.5 Å². The van der Waals surface area contributed by atoms with Crippen molar-refractivity contribution in [2.75, 3.05) is 11.9 Å². The highest BCUT2D eigenvalue weighted by Gasteiger charge is 2.10. The van der Waals surface area contributed by atoms with Gasteiger partial charge in [0.15, 0.2) is 0 Å². The maximum atomic E-state index is 11.2. The maximum Gasteiger partial charge on any atom is 0.323 e. The molecule has 0 unspecified atom stereocenters. The molecule has 1 aromatic heterocycles. The van der Waals surface area contributed by atoms with Crippen molar-refractivity contribution in [3.63, 3.8) is 0 Å². The van der Waals surface area contributed by atoms with E-state index in [4.69, 9.17) is 0 Å². The Morgan fingerprint density at radius 1 is 1.22 bits per heavy atom. The molecule has 0 saturated carbocycles. The molecule has 0 saturated heterocycles. The molecule has 0 aliphatic rings. The van der Waals surface area contributed by atoms with Gasteiger partial charge in [-0.25, -0.2) is 4.79 Å². The standard InChI is InChI=1S/C13H18BrN3O/c1-13(2,3)4-5-15-9-7-11-10(6-8(9)14)16-12(18)17-11/h6-7,15H,4-5H2,1-3H3,(H2,16,17,18). The van der Waals surface area contributed by atoms with Crippen LogP contribution in [-0.2, 0) is 0 Å². The van der Waals surface area contributed by atoms with E-state index < -0.39 is 0 Å². The molecular weight excluding hydrogens is 294 g/mol. The molecule has 4 nitrogen and oxygen atoms in total. The van der Waals surface area contributed by atoms with E-state index in [-0.39, 0.29) is 5.69 Å². The Labute approximate surface area is 114 Å². The van der Waals surface area contributed by atoms with Gasteiger partial charge in [0, 0.05) is 11.0 Å². The molecule has 2 rings (SSSR count). The summed E-state index contributed by atoms with van der Waals surface area (Å²) in [6.07, 6.45) is 1.08. The Bertz CT molecular complexity index is 607. The minimum atomic E-state index is -0.177. The number of anilines is 1. The molecule has 98 valence electrons. The van der Waals surface area contributed by atoms with Crippen LogP contribution >= 0.6 is 15.9 Å². The number of aromatic amines is 2. The summed E-state index contributed by atoms with van der Waals surface area (Å²) in [5, 5.41) is 3.39. The third-order valence-corrected chi connectivity index (χ3v) is 3.45. The average Bonchev–Trinajstić information content (AvgIpc) is 2.55. The van der Waals surface area contributed by atoms with Gasteiger partial charge in [0.25, 0.3) is 0 Å². The van der Waals surface area contributed by atoms with Crippen molar-refractivity contribution in [3.8, 4) is 0 Å². The Morgan fingerprint density at radius 2 is 1.83 bits per heavy atom. The third-order valence-electron chi connectivity index (χ3n) is 2.79. The summed E-state index contributed by atoms with van der Waals surface area (Å²) < 4.78 is 0.958. The highest BCUT2D eigenvalue weighted by Crippen LogP contribution is 2.27. The highest BCUT2D eigenvalue weighted by atomic mass is 79.9. The predicted molar refractivity (Wildman–Crippen MR) is 79.2 cm³/mol. The van der Waals surface area contributed by atoms with Crippen molar-refractivity contribution in [2.45, 2.75) is 27.2 Å². The molecule has 0 spiro atoms. The molecule has 1 aromatic carbocycles. The summed E-state index contributed by atoms with van der Waals surface area (Å²) in [5.41, 5.74) is 2.77. The zero-order valence-electron chi connectivity index (χ0n) is 10.9. The monoisotopic (exact) mass is 311 g/mol. The van der Waals surface area contributed by atoms with Crippen LogP contribution in [0.4, 0.5) is 5.69 Å². The lowest BCUT2D eigenvalue weighted by Gasteiger charge is -2.19. The van der Waals surface area contributed by atoms with Gasteiger partial charge in [-0.3, -0.25) is 0 Å². The van der Waals surface area contributed by atoms with Gasteiger partial charge in [-0.15, -0.1) is 0 Å². The summed E-state index contributed by atoms with van der Waals surface area (Å²) >= 11 is 3.51. The van der Waals surface area contributed by atoms with Crippen molar-refractivity contribution in [1.82, 2.24) is 9.97 Å². The van der Waals surface area contributed by atoms with Crippen LogP contribution < -0.4 is 11.0 Å². The number of aromatic nitrogens is 2. The molecule has 0 radical (unpaired) electrons. The lowest BCUT2D eigenvalue weighted by Crippen LogP contribution is -2.13. The average molecular weight is 312 g/mol. The summed E-state index contributed by atoms with van der Waals surface area (Å²) in [7, 11) is 0. The molecule has 0 atom stereocenters. The second-order valence-corrected chi connectivity index (χ2v) is 6.55. The van der Waals surface area contributed by atoms with Gasteiger partial charge in [-0.1, -0.05) is 20.8 Å². The van der Waals surface area contributed by atoms with Gasteiger partial charge in [-0.05, 0) is 39.9 Å². The van der Waals surface area contributed by atoms with Crippen LogP contribution in [0.2, 0.25) is 0 Å². The van der Waals surface area contributed by atoms with E-state index in [2.05, 4.69) is 52.0 Å². The van der Waals surface area contributed by atoms with Crippen molar-refractivity contribution in [3.05, 3.63) is 27.1 Å². The lowest BCUT2D eigenvalue weighted by molar-refractivity contribution is 0.390. The molecule has 3 N–H and O–H groups in total. The molecule has 5 heteroatoms. The molecular formula is C13H18BrN3O. The first-order chi connectivity index (χ1) is 8.35. The predicted octanol–water partition coefficient (Wildman–Crippen LogP) is 3.47. The fourth-order valence-electron chi connectivity index (χ4n) is 1.76. The van der Waals surface area contributed by atoms with Crippen molar-refractivity contribution >= 4 is 32.7 Å². The van der Waals surface area contributed by atoms with Crippen molar-refractivity contribution in [1.29, 1.82) is 0 Å². The van der Waals surface area contributed by atoms with Crippen LogP contribution in [0, 0.1) is 5.41 Å². The molecule has 0 amide bonds. The van der Waals surface area contributed by atoms with Crippen LogP contribution in [0.1, 0.15) is 27.2 Å². The van der Waals surface area contributed by atoms with E-state index in [0.29, 0.717) is 5.41 Å². The van der Waals surface area contributed by atoms with E-state index in [1.165, 1.54) is 0 Å². The van der Waals surface area contributed by atoms with Gasteiger partial charge >= 0.3 is 5.69 Å². The number of rotatable bonds is 3. The zero-order valence-corrected chi connectivity index (χ0v) is 12.4. The number of nitrogens with one attached hydrogen (secondary N) is 3. The van der Waals surface area contributed by atoms with E-state index >= 15 is 0 Å². The number of imidazole rings is 1. The van der Waals surface area contributed by atoms with Crippen molar-refractivity contribution < 1.29 is 0 Å². The Kier molecular flexibility index (Phi) is 3.52. The molecule has 0 aliphatic heterocycles. The first-order valence-electron chi connectivity index (χ1n) is 6.00. The topological polar surface area (TPSA) is 60.7 Å². The van der Waals surface area contributed by atoms with Gasteiger partial charge in [0.05, 0.1) is 16.7 Å². The second kappa shape index (κ2) is 4.80. The zero-order chi connectivity index (χ0) is 13.3. The first kappa shape index (κ1) is 13.2. The minimum Gasteiger partial charge on any atom is -0.384 e. The number of benzene rings is 1. The van der Waals surface area contributed by atoms with E-state index in [9.17, 15) is 4.79 Å². The summed E-state index contributed by atoms with van der Waals surface area (Å²) in [5.74, 6) is 0. The van der Waals surface area contributed by atoms with Gasteiger partial charge in [-0.2, -0.15) is 0 Å². The minimum absolute atomic E-state index is 0.177. The van der Waals surface area contributed by atoms with Crippen LogP contribution in [0.15, 0.2) is 21.4 Å². The number of hydrogen-bond acceptors (Lipinski definition) is 2. The summed E-state index contributed by atoms with van der Waals surface area (Å²) in [4.78, 5) is 16.7. The molecule has 2 aromatic rings. The van der Waals surface area contributed by atoms with Crippen LogP contribution in [0.25, 0.3) is 11.0 Å². The van der Waals surface area contributed by atoms with E-state index in [1.807, 2.05) is 12.1 Å². The van der Waals surface area contributed by atoms with Crippen LogP contribution in [0.5, 0.6) is 0 Å². The molecule has 0 aliphatic carbocycles. The molecule has 1 heterocycles. The highest BCUT2D eigenvalue weighted by molar-refractivity contribution is 9.10. The summed E-state index contributed by atoms with van der Waals surface area (Å²) in [6.45, 7) is 7.56. The van der Waals surface area contributed by atoms with E-state index in [1.54, 1.807) is 0 Å². The summed E-state index contributed by atoms with van der Waals surface area (Å²) in [6, 6.07) is 3.85. The maximum absolute atomic E-state index is 11.2. The fraction of sp³-hybridized carbons (Fsp3) is 0.462. The number of H-pyrrole nitrogens is 2. The molecule has 18 heavy (non-hydrogen) atoms. The molecule has 0 bridgehead atoms. The van der Waals surface area contributed by atoms with Gasteiger partial charge < -0.3 is 15.3 Å². The SMILES string of the molecule is CC(C)(C)CCNc1cc2[nH]c(=O)[nH]c2cc1Br.